The number of hydrogen-bond donors (Lipinski definition) is 8. The van der Waals surface area contributed by atoms with Crippen molar-refractivity contribution >= 4 is 126 Å². The van der Waals surface area contributed by atoms with Crippen molar-refractivity contribution in [3.8, 4) is 0 Å². The quantitative estimate of drug-likeness (QED) is 0.0308. The fourth-order valence-electron chi connectivity index (χ4n) is 5.00. The first-order chi connectivity index (χ1) is 27.6. The predicted molar refractivity (Wildman–Crippen MR) is 217 cm³/mol. The van der Waals surface area contributed by atoms with Gasteiger partial charge in [0.05, 0.1) is 0 Å². The molecule has 0 saturated heterocycles. The van der Waals surface area contributed by atoms with E-state index in [4.69, 9.17) is 23.2 Å². The van der Waals surface area contributed by atoms with Crippen LogP contribution in [-0.2, 0) is 29.8 Å². The summed E-state index contributed by atoms with van der Waals surface area (Å²) in [6.07, 6.45) is 3.50. The van der Waals surface area contributed by atoms with Gasteiger partial charge >= 0.3 is 0 Å². The Labute approximate surface area is 338 Å². The van der Waals surface area contributed by atoms with E-state index < -0.39 is 30.0 Å². The number of rotatable bonds is 16. The SMILES string of the molecule is O=CNc1ccc(Nc2nc(Cl)nc(Nc3ccc(C=Cc4ccc(Nc5nc(Cl)nc(Nc6ccc(NC=O)cc6)n5)cc4S(=O)(=O)O)c(S(=O)(=O)O)c3)n2)cc1. The molecule has 0 aliphatic carbocycles. The molecule has 58 heavy (non-hydrogen) atoms. The lowest BCUT2D eigenvalue weighted by molar-refractivity contribution is -0.106. The van der Waals surface area contributed by atoms with Crippen molar-refractivity contribution in [1.29, 1.82) is 0 Å². The number of anilines is 10. The van der Waals surface area contributed by atoms with Gasteiger partial charge in [0.15, 0.2) is 0 Å². The number of hydrogen-bond acceptors (Lipinski definition) is 16. The first-order valence-corrected chi connectivity index (χ1v) is 19.7. The first-order valence-electron chi connectivity index (χ1n) is 16.1. The van der Waals surface area contributed by atoms with Crippen molar-refractivity contribution in [1.82, 2.24) is 29.9 Å². The van der Waals surface area contributed by atoms with Crippen LogP contribution >= 0.6 is 23.2 Å². The Bertz CT molecular complexity index is 2580. The van der Waals surface area contributed by atoms with E-state index in [1.54, 1.807) is 48.5 Å². The summed E-state index contributed by atoms with van der Waals surface area (Å²) in [6, 6.07) is 20.8. The van der Waals surface area contributed by atoms with E-state index in [2.05, 4.69) is 61.8 Å². The second-order valence-corrected chi connectivity index (χ2v) is 14.9. The number of amides is 2. The van der Waals surface area contributed by atoms with Crippen molar-refractivity contribution in [2.45, 2.75) is 9.79 Å². The van der Waals surface area contributed by atoms with Gasteiger partial charge in [0.1, 0.15) is 9.79 Å². The zero-order valence-electron chi connectivity index (χ0n) is 29.0. The summed E-state index contributed by atoms with van der Waals surface area (Å²) in [5.41, 5.74) is 2.29. The number of aromatic nitrogens is 6. The highest BCUT2D eigenvalue weighted by Gasteiger charge is 2.19. The molecule has 2 heterocycles. The van der Waals surface area contributed by atoms with Gasteiger partial charge in [-0.25, -0.2) is 0 Å². The molecule has 0 atom stereocenters. The van der Waals surface area contributed by atoms with Gasteiger partial charge in [0.2, 0.25) is 47.2 Å². The molecule has 296 valence electrons. The lowest BCUT2D eigenvalue weighted by Crippen LogP contribution is -2.06. The van der Waals surface area contributed by atoms with Gasteiger partial charge < -0.3 is 31.9 Å². The van der Waals surface area contributed by atoms with Gasteiger partial charge in [-0.3, -0.25) is 18.7 Å². The molecule has 0 bridgehead atoms. The average molecular weight is 866 g/mol. The van der Waals surface area contributed by atoms with Crippen LogP contribution in [-0.4, -0.2) is 68.7 Å². The fraction of sp³-hybridized carbons (Fsp3) is 0. The maximum absolute atomic E-state index is 12.5. The Morgan fingerprint density at radius 1 is 0.448 bits per heavy atom. The van der Waals surface area contributed by atoms with Gasteiger partial charge in [-0.05, 0) is 107 Å². The molecule has 0 spiro atoms. The van der Waals surface area contributed by atoms with Crippen LogP contribution in [0.4, 0.5) is 57.9 Å². The summed E-state index contributed by atoms with van der Waals surface area (Å²) in [5.74, 6) is -0.139. The summed E-state index contributed by atoms with van der Waals surface area (Å²) < 4.78 is 70.2. The second kappa shape index (κ2) is 17.5. The minimum atomic E-state index is -4.87. The number of carbonyl (C=O) groups is 2. The highest BCUT2D eigenvalue weighted by molar-refractivity contribution is 7.86. The molecule has 2 aromatic heterocycles. The van der Waals surface area contributed by atoms with Crippen LogP contribution in [0.1, 0.15) is 11.1 Å². The monoisotopic (exact) mass is 864 g/mol. The van der Waals surface area contributed by atoms with E-state index in [-0.39, 0.29) is 56.9 Å². The molecule has 2 amide bonds. The number of nitrogens with zero attached hydrogens (tertiary/aromatic N) is 6. The fourth-order valence-corrected chi connectivity index (χ4v) is 6.74. The Morgan fingerprint density at radius 2 is 0.741 bits per heavy atom. The third kappa shape index (κ3) is 10.9. The van der Waals surface area contributed by atoms with Crippen molar-refractivity contribution in [2.75, 3.05) is 31.9 Å². The minimum Gasteiger partial charge on any atom is -0.329 e. The molecule has 0 aliphatic heterocycles. The van der Waals surface area contributed by atoms with Gasteiger partial charge in [-0.2, -0.15) is 46.7 Å². The van der Waals surface area contributed by atoms with Crippen molar-refractivity contribution in [2.24, 2.45) is 0 Å². The Morgan fingerprint density at radius 3 is 1.05 bits per heavy atom. The molecule has 0 saturated carbocycles. The molecule has 8 N–H and O–H groups in total. The maximum atomic E-state index is 12.5. The van der Waals surface area contributed by atoms with E-state index in [0.29, 0.717) is 35.6 Å². The molecule has 4 aromatic carbocycles. The minimum absolute atomic E-state index is 0.0240. The molecular weight excluding hydrogens is 839 g/mol. The second-order valence-electron chi connectivity index (χ2n) is 11.5. The van der Waals surface area contributed by atoms with Crippen LogP contribution in [0.3, 0.4) is 0 Å². The summed E-state index contributed by atoms with van der Waals surface area (Å²) in [7, 11) is -9.73. The van der Waals surface area contributed by atoms with E-state index in [1.165, 1.54) is 36.4 Å². The first kappa shape index (κ1) is 40.8. The molecule has 6 rings (SSSR count). The molecule has 0 radical (unpaired) electrons. The topological polar surface area (TPSA) is 292 Å². The van der Waals surface area contributed by atoms with Gasteiger partial charge in [0, 0.05) is 34.1 Å². The van der Waals surface area contributed by atoms with Crippen molar-refractivity contribution in [3.63, 3.8) is 0 Å². The van der Waals surface area contributed by atoms with Gasteiger partial charge in [0.25, 0.3) is 20.2 Å². The van der Waals surface area contributed by atoms with Gasteiger partial charge in [-0.1, -0.05) is 24.3 Å². The summed E-state index contributed by atoms with van der Waals surface area (Å²) in [6.45, 7) is 0. The maximum Gasteiger partial charge on any atom is 0.295 e. The highest BCUT2D eigenvalue weighted by atomic mass is 35.5. The number of benzene rings is 4. The van der Waals surface area contributed by atoms with Crippen LogP contribution in [0.15, 0.2) is 94.7 Å². The van der Waals surface area contributed by atoms with E-state index in [1.807, 2.05) is 0 Å². The van der Waals surface area contributed by atoms with E-state index in [0.717, 1.165) is 12.1 Å². The Kier molecular flexibility index (Phi) is 12.3. The summed E-state index contributed by atoms with van der Waals surface area (Å²) in [4.78, 5) is 44.7. The third-order valence-corrected chi connectivity index (χ3v) is 9.64. The smallest absolute Gasteiger partial charge is 0.295 e. The molecule has 24 heteroatoms. The van der Waals surface area contributed by atoms with Crippen LogP contribution in [0.2, 0.25) is 10.6 Å². The number of nitrogens with one attached hydrogen (secondary N) is 6. The zero-order chi connectivity index (χ0) is 41.5. The molecular formula is C34H26Cl2N12O8S2. The molecule has 20 nitrogen and oxygen atoms in total. The standard InChI is InChI=1S/C34H26Cl2N12O8S2/c35-29-43-31(39-23-11-7-21(8-12-23)37-17-49)47-33(45-29)41-25-5-3-19(27(15-25)57(51,52)53)1-2-20-4-6-26(16-28(20)58(54,55)56)42-34-46-30(36)44-32(48-34)40-24-13-9-22(10-14-24)38-18-50/h1-18H,(H,37,49)(H,38,50)(H,51,52,53)(H,54,55,56)(H2,39,41,43,45,47)(H2,40,42,44,46,48). The van der Waals surface area contributed by atoms with Crippen LogP contribution in [0, 0.1) is 0 Å². The number of halogens is 2. The molecule has 6 aromatic rings. The molecule has 0 unspecified atom stereocenters. The Balaban J connectivity index is 1.22. The summed E-state index contributed by atoms with van der Waals surface area (Å²) >= 11 is 12.2. The van der Waals surface area contributed by atoms with Gasteiger partial charge in [-0.15, -0.1) is 0 Å². The average Bonchev–Trinajstić information content (AvgIpc) is 3.15. The normalized spacial score (nSPS) is 11.4. The number of carbonyl (C=O) groups excluding carboxylic acids is 2. The lowest BCUT2D eigenvalue weighted by Gasteiger charge is -2.11. The largest absolute Gasteiger partial charge is 0.329 e. The van der Waals surface area contributed by atoms with Crippen molar-refractivity contribution in [3.05, 3.63) is 107 Å². The van der Waals surface area contributed by atoms with Crippen LogP contribution in [0.25, 0.3) is 12.2 Å². The summed E-state index contributed by atoms with van der Waals surface area (Å²) in [5, 5.41) is 16.0. The zero-order valence-corrected chi connectivity index (χ0v) is 32.1. The predicted octanol–water partition coefficient (Wildman–Crippen LogP) is 6.14. The highest BCUT2D eigenvalue weighted by Crippen LogP contribution is 2.29. The Hall–Kier alpha value is -6.82. The van der Waals surface area contributed by atoms with Crippen LogP contribution < -0.4 is 31.9 Å². The third-order valence-electron chi connectivity index (χ3n) is 7.49. The van der Waals surface area contributed by atoms with Crippen LogP contribution in [0.5, 0.6) is 0 Å². The molecule has 0 fully saturated rings. The van der Waals surface area contributed by atoms with Crippen molar-refractivity contribution < 1.29 is 35.5 Å². The van der Waals surface area contributed by atoms with E-state index >= 15 is 0 Å². The lowest BCUT2D eigenvalue weighted by atomic mass is 10.1. The van der Waals surface area contributed by atoms with E-state index in [9.17, 15) is 35.5 Å². The molecule has 0 aliphatic rings.